The molecular formula is C28H39O6P. The Bertz CT molecular complexity index is 897. The van der Waals surface area contributed by atoms with Gasteiger partial charge in [0.1, 0.15) is 0 Å². The number of aliphatic hydroxyl groups excluding tert-OH is 2. The summed E-state index contributed by atoms with van der Waals surface area (Å²) in [4.78, 5) is 30.5. The van der Waals surface area contributed by atoms with Crippen LogP contribution >= 0.6 is 7.72 Å². The Morgan fingerprint density at radius 1 is 0.743 bits per heavy atom. The van der Waals surface area contributed by atoms with Gasteiger partial charge in [-0.15, -0.1) is 0 Å². The van der Waals surface area contributed by atoms with E-state index in [-0.39, 0.29) is 18.1 Å². The van der Waals surface area contributed by atoms with Crippen molar-refractivity contribution in [3.63, 3.8) is 0 Å². The number of hydrogen-bond acceptors (Lipinski definition) is 5. The molecule has 0 fully saturated rings. The van der Waals surface area contributed by atoms with Crippen LogP contribution < -0.4 is 10.6 Å². The zero-order valence-electron chi connectivity index (χ0n) is 20.7. The van der Waals surface area contributed by atoms with E-state index in [1.54, 1.807) is 68.4 Å². The molecule has 3 aromatic carbocycles. The third kappa shape index (κ3) is 11.1. The Kier molecular flexibility index (Phi) is 14.0. The third-order valence-corrected chi connectivity index (χ3v) is 7.78. The third-order valence-electron chi connectivity index (χ3n) is 5.50. The molecule has 192 valence electrons. The van der Waals surface area contributed by atoms with E-state index in [1.807, 2.05) is 36.4 Å². The van der Waals surface area contributed by atoms with Crippen LogP contribution in [0.5, 0.6) is 0 Å². The molecule has 0 saturated carbocycles. The molecule has 0 radical (unpaired) electrons. The molecule has 0 aliphatic carbocycles. The number of benzene rings is 3. The van der Waals surface area contributed by atoms with Gasteiger partial charge in [-0.2, -0.15) is 0 Å². The van der Waals surface area contributed by atoms with Crippen LogP contribution in [0.2, 0.25) is 0 Å². The fourth-order valence-electron chi connectivity index (χ4n) is 3.41. The van der Waals surface area contributed by atoms with Gasteiger partial charge >= 0.3 is 94.7 Å². The average Bonchev–Trinajstić information content (AvgIpc) is 2.86. The van der Waals surface area contributed by atoms with Crippen LogP contribution in [0, 0.1) is 5.92 Å². The van der Waals surface area contributed by atoms with Crippen LogP contribution in [0.25, 0.3) is 0 Å². The molecule has 2 unspecified atom stereocenters. The Morgan fingerprint density at radius 3 is 1.40 bits per heavy atom. The summed E-state index contributed by atoms with van der Waals surface area (Å²) in [6.07, 6.45) is 2.35. The molecule has 6 nitrogen and oxygen atoms in total. The van der Waals surface area contributed by atoms with Gasteiger partial charge in [-0.05, 0) is 32.4 Å². The summed E-state index contributed by atoms with van der Waals surface area (Å²) < 4.78 is 0. The van der Waals surface area contributed by atoms with Crippen LogP contribution in [-0.2, 0) is 0 Å². The van der Waals surface area contributed by atoms with E-state index >= 15 is 0 Å². The zero-order valence-corrected chi connectivity index (χ0v) is 21.7. The van der Waals surface area contributed by atoms with E-state index in [4.69, 9.17) is 5.11 Å². The number of carbonyl (C=O) groups is 1. The van der Waals surface area contributed by atoms with E-state index in [0.717, 1.165) is 19.3 Å². The number of carboxylic acid groups (broad SMARTS) is 1. The zero-order chi connectivity index (χ0) is 26.3. The molecule has 0 aromatic heterocycles. The normalized spacial score (nSPS) is 13.7. The van der Waals surface area contributed by atoms with Gasteiger partial charge in [0, 0.05) is 5.92 Å². The maximum absolute atomic E-state index is 10.2. The second-order valence-corrected chi connectivity index (χ2v) is 10.9. The van der Waals surface area contributed by atoms with Crippen molar-refractivity contribution in [3.8, 4) is 0 Å². The number of carboxylic acids is 1. The Labute approximate surface area is 209 Å². The molecule has 35 heavy (non-hydrogen) atoms. The minimum atomic E-state index is -3.46. The van der Waals surface area contributed by atoms with E-state index < -0.39 is 13.7 Å². The summed E-state index contributed by atoms with van der Waals surface area (Å²) in [6, 6.07) is 26.3. The first-order chi connectivity index (χ1) is 16.6. The van der Waals surface area contributed by atoms with Crippen LogP contribution in [-0.4, -0.2) is 43.3 Å². The van der Waals surface area contributed by atoms with Crippen molar-refractivity contribution in [2.45, 2.75) is 52.2 Å². The first-order valence-corrected chi connectivity index (χ1v) is 13.7. The molecule has 7 heteroatoms. The predicted molar refractivity (Wildman–Crippen MR) is 145 cm³/mol. The summed E-state index contributed by atoms with van der Waals surface area (Å²) in [5.41, 5.74) is 0.331. The van der Waals surface area contributed by atoms with Crippen LogP contribution in [0.1, 0.15) is 50.4 Å². The summed E-state index contributed by atoms with van der Waals surface area (Å²) >= 11 is 0. The SMILES string of the molecule is CCCCC(C(C)O)C(C)O.O=C(O)c1ccccc1.O[PH](O)(c1ccccc1)c1ccccc1. The molecule has 0 heterocycles. The van der Waals surface area contributed by atoms with Gasteiger partial charge in [-0.3, -0.25) is 0 Å². The van der Waals surface area contributed by atoms with Gasteiger partial charge in [0.2, 0.25) is 0 Å². The first-order valence-electron chi connectivity index (χ1n) is 11.8. The van der Waals surface area contributed by atoms with Crippen LogP contribution in [0.15, 0.2) is 91.0 Å². The summed E-state index contributed by atoms with van der Waals surface area (Å²) in [7, 11) is -3.46. The van der Waals surface area contributed by atoms with Crippen molar-refractivity contribution in [2.24, 2.45) is 5.92 Å². The Balaban J connectivity index is 0.000000273. The summed E-state index contributed by atoms with van der Waals surface area (Å²) in [5, 5.41) is 28.1. The van der Waals surface area contributed by atoms with E-state index in [0.29, 0.717) is 16.2 Å². The number of unbranched alkanes of at least 4 members (excludes halogenated alkanes) is 1. The fourth-order valence-corrected chi connectivity index (χ4v) is 5.06. The molecule has 0 spiro atoms. The number of rotatable bonds is 8. The second kappa shape index (κ2) is 16.1. The molecule has 0 bridgehead atoms. The van der Waals surface area contributed by atoms with Crippen molar-refractivity contribution < 1.29 is 29.9 Å². The number of hydrogen-bond donors (Lipinski definition) is 5. The molecule has 3 rings (SSSR count). The van der Waals surface area contributed by atoms with Crippen molar-refractivity contribution in [2.75, 3.05) is 0 Å². The van der Waals surface area contributed by atoms with E-state index in [9.17, 15) is 24.8 Å². The van der Waals surface area contributed by atoms with Crippen molar-refractivity contribution >= 4 is 24.3 Å². The topological polar surface area (TPSA) is 118 Å². The van der Waals surface area contributed by atoms with E-state index in [1.165, 1.54) is 0 Å². The average molecular weight is 503 g/mol. The van der Waals surface area contributed by atoms with Crippen molar-refractivity contribution in [1.29, 1.82) is 0 Å². The molecule has 0 aliphatic heterocycles. The Hall–Kier alpha value is -2.60. The Morgan fingerprint density at radius 2 is 1.11 bits per heavy atom. The second-order valence-electron chi connectivity index (χ2n) is 8.36. The first kappa shape index (κ1) is 30.4. The number of aliphatic hydroxyl groups is 2. The van der Waals surface area contributed by atoms with Gasteiger partial charge in [0.25, 0.3) is 0 Å². The van der Waals surface area contributed by atoms with Gasteiger partial charge in [0.15, 0.2) is 0 Å². The molecular weight excluding hydrogens is 463 g/mol. The van der Waals surface area contributed by atoms with Gasteiger partial charge < -0.3 is 15.3 Å². The molecule has 0 saturated heterocycles. The van der Waals surface area contributed by atoms with Crippen LogP contribution in [0.3, 0.4) is 0 Å². The van der Waals surface area contributed by atoms with Gasteiger partial charge in [-0.25, -0.2) is 4.79 Å². The standard InChI is InChI=1S/C12H13O2P.C9H20O2.C7H6O2/c13-15(14,11-7-3-1-4-8-11)12-9-5-2-6-10-12;1-4-5-6-9(7(2)10)8(3)11;8-7(9)6-4-2-1-3-5-6/h1-10,13-15H;7-11H,4-6H2,1-3H3;1-5H,(H,8,9). The van der Waals surface area contributed by atoms with E-state index in [2.05, 4.69) is 6.92 Å². The van der Waals surface area contributed by atoms with Gasteiger partial charge in [-0.1, -0.05) is 38.0 Å². The molecule has 5 N–H and O–H groups in total. The summed E-state index contributed by atoms with van der Waals surface area (Å²) in [5.74, 6) is -0.828. The van der Waals surface area contributed by atoms with Crippen molar-refractivity contribution in [1.82, 2.24) is 0 Å². The molecule has 0 amide bonds. The minimum absolute atomic E-state index is 0.0509. The monoisotopic (exact) mass is 502 g/mol. The number of aromatic carboxylic acids is 1. The predicted octanol–water partition coefficient (Wildman–Crippen LogP) is 4.14. The molecule has 3 aromatic rings. The van der Waals surface area contributed by atoms with Crippen molar-refractivity contribution in [3.05, 3.63) is 96.6 Å². The molecule has 2 atom stereocenters. The van der Waals surface area contributed by atoms with Crippen LogP contribution in [0.4, 0.5) is 0 Å². The molecule has 0 aliphatic rings. The quantitative estimate of drug-likeness (QED) is 0.296. The maximum atomic E-state index is 10.2. The summed E-state index contributed by atoms with van der Waals surface area (Å²) in [6.45, 7) is 5.60. The fraction of sp³-hybridized carbons (Fsp3) is 0.321. The van der Waals surface area contributed by atoms with Gasteiger partial charge in [0.05, 0.1) is 17.8 Å².